The summed E-state index contributed by atoms with van der Waals surface area (Å²) in [6.07, 6.45) is 8.94. The summed E-state index contributed by atoms with van der Waals surface area (Å²) in [5, 5.41) is 21.9. The van der Waals surface area contributed by atoms with E-state index >= 15 is 0 Å². The number of aromatic amines is 2. The van der Waals surface area contributed by atoms with Crippen LogP contribution in [-0.2, 0) is 0 Å². The van der Waals surface area contributed by atoms with Gasteiger partial charge in [-0.1, -0.05) is 0 Å². The number of nitrogens with one attached hydrogen (secondary N) is 3. The van der Waals surface area contributed by atoms with Crippen LogP contribution in [0, 0.1) is 0 Å². The average Bonchev–Trinajstić information content (AvgIpc) is 3.85. The van der Waals surface area contributed by atoms with Crippen LogP contribution in [0.5, 0.6) is 17.4 Å². The van der Waals surface area contributed by atoms with E-state index in [0.717, 1.165) is 42.2 Å². The standard InChI is InChI=1S/C20H21N7O3.C17H19N5O2/c1-26(2)9-10-30-15-5-3-14(4-6-15)22-17-7-8-27-18(24-17)13(12-21-27)11-16-19(28)25-20(29)23-16;1-21(2)9-10-24-15-5-3-14(4-6-15)19-16-7-8-22-17(20-16)13(12-23)11-18-22/h3-8,11-12,28H,9-10H2,1-2H3,(H2,23,25,29);3-8,11-12H,9-10H2,1-2H3,(H,19,20). The van der Waals surface area contributed by atoms with Gasteiger partial charge in [0.2, 0.25) is 5.88 Å². The number of aldehydes is 1. The molecular weight excluding hydrogens is 692 g/mol. The Kier molecular flexibility index (Phi) is 11.7. The molecule has 5 aromatic heterocycles. The number of imidazole rings is 1. The van der Waals surface area contributed by atoms with Gasteiger partial charge in [-0.15, -0.1) is 0 Å². The second-order valence-corrected chi connectivity index (χ2v) is 12.5. The lowest BCUT2D eigenvalue weighted by atomic mass is 10.3. The Morgan fingerprint density at radius 2 is 1.44 bits per heavy atom. The molecule has 0 amide bonds. The predicted octanol–water partition coefficient (Wildman–Crippen LogP) is 2.40. The third-order valence-corrected chi connectivity index (χ3v) is 7.76. The molecule has 4 N–H and O–H groups in total. The first-order valence-corrected chi connectivity index (χ1v) is 16.9. The van der Waals surface area contributed by atoms with Gasteiger partial charge in [0.05, 0.1) is 23.6 Å². The summed E-state index contributed by atoms with van der Waals surface area (Å²) in [4.78, 5) is 44.7. The van der Waals surface area contributed by atoms with Gasteiger partial charge in [-0.3, -0.25) is 9.78 Å². The summed E-state index contributed by atoms with van der Waals surface area (Å²) in [7, 11) is 8.02. The van der Waals surface area contributed by atoms with Gasteiger partial charge in [-0.25, -0.2) is 28.8 Å². The summed E-state index contributed by atoms with van der Waals surface area (Å²) < 4.78 is 14.5. The predicted molar refractivity (Wildman–Crippen MR) is 203 cm³/mol. The normalized spacial score (nSPS) is 12.0. The molecule has 0 fully saturated rings. The van der Waals surface area contributed by atoms with Crippen molar-refractivity contribution >= 4 is 40.8 Å². The van der Waals surface area contributed by atoms with Gasteiger partial charge in [0.25, 0.3) is 0 Å². The van der Waals surface area contributed by atoms with Crippen molar-refractivity contribution < 1.29 is 19.4 Å². The van der Waals surface area contributed by atoms with Crippen molar-refractivity contribution in [3.8, 4) is 17.4 Å². The number of benzene rings is 2. The molecule has 0 saturated heterocycles. The first kappa shape index (κ1) is 36.9. The number of ether oxygens (including phenoxy) is 2. The van der Waals surface area contributed by atoms with Crippen LogP contribution in [0.4, 0.5) is 17.2 Å². The fraction of sp³-hybridized carbons (Fsp3) is 0.216. The van der Waals surface area contributed by atoms with Crippen molar-refractivity contribution in [2.24, 2.45) is 4.99 Å². The molecule has 2 aromatic carbocycles. The van der Waals surface area contributed by atoms with Crippen molar-refractivity contribution in [3.05, 3.63) is 118 Å². The maximum absolute atomic E-state index is 11.3. The zero-order valence-electron chi connectivity index (χ0n) is 30.2. The van der Waals surface area contributed by atoms with E-state index in [4.69, 9.17) is 9.47 Å². The van der Waals surface area contributed by atoms with E-state index in [-0.39, 0.29) is 11.6 Å². The number of fused-ring (bicyclic) bond motifs is 2. The zero-order valence-corrected chi connectivity index (χ0v) is 30.2. The molecule has 7 aromatic rings. The fourth-order valence-electron chi connectivity index (χ4n) is 4.95. The van der Waals surface area contributed by atoms with E-state index < -0.39 is 5.69 Å². The Morgan fingerprint density at radius 1 is 0.815 bits per heavy atom. The monoisotopic (exact) mass is 732 g/mol. The van der Waals surface area contributed by atoms with E-state index in [9.17, 15) is 14.7 Å². The van der Waals surface area contributed by atoms with Crippen molar-refractivity contribution in [2.75, 3.05) is 59.8 Å². The van der Waals surface area contributed by atoms with Gasteiger partial charge in [-0.2, -0.15) is 10.2 Å². The van der Waals surface area contributed by atoms with Gasteiger partial charge < -0.3 is 34.7 Å². The van der Waals surface area contributed by atoms with Crippen LogP contribution in [-0.4, -0.2) is 115 Å². The quantitative estimate of drug-likeness (QED) is 0.127. The molecular formula is C37H40N12O5. The van der Waals surface area contributed by atoms with Gasteiger partial charge in [0.1, 0.15) is 36.2 Å². The molecule has 0 spiro atoms. The third-order valence-electron chi connectivity index (χ3n) is 7.76. The molecule has 0 aliphatic rings. The minimum Gasteiger partial charge on any atom is -0.493 e. The molecule has 0 bridgehead atoms. The highest BCUT2D eigenvalue weighted by atomic mass is 16.5. The Hall–Kier alpha value is -6.85. The Bertz CT molecular complexity index is 2500. The molecule has 0 atom stereocenters. The van der Waals surface area contributed by atoms with E-state index in [2.05, 4.69) is 50.2 Å². The van der Waals surface area contributed by atoms with Crippen LogP contribution in [0.15, 0.2) is 95.2 Å². The first-order valence-electron chi connectivity index (χ1n) is 16.9. The van der Waals surface area contributed by atoms with Crippen molar-refractivity contribution in [2.45, 2.75) is 0 Å². The van der Waals surface area contributed by atoms with E-state index in [1.807, 2.05) is 76.7 Å². The van der Waals surface area contributed by atoms with Gasteiger partial charge in [0, 0.05) is 42.5 Å². The highest BCUT2D eigenvalue weighted by Gasteiger charge is 2.07. The number of aromatic nitrogens is 8. The summed E-state index contributed by atoms with van der Waals surface area (Å²) >= 11 is 0. The number of hydrogen-bond donors (Lipinski definition) is 4. The Morgan fingerprint density at radius 3 is 2.07 bits per heavy atom. The topological polar surface area (TPSA) is 196 Å². The summed E-state index contributed by atoms with van der Waals surface area (Å²) in [6, 6.07) is 18.7. The van der Waals surface area contributed by atoms with Gasteiger partial charge in [0.15, 0.2) is 23.1 Å². The molecule has 0 radical (unpaired) electrons. The lowest BCUT2D eigenvalue weighted by Gasteiger charge is -2.11. The molecule has 0 unspecified atom stereocenters. The molecule has 17 heteroatoms. The number of anilines is 2. The maximum Gasteiger partial charge on any atom is 0.326 e. The molecule has 17 nitrogen and oxygen atoms in total. The molecule has 0 saturated carbocycles. The third kappa shape index (κ3) is 9.72. The molecule has 7 rings (SSSR count). The summed E-state index contributed by atoms with van der Waals surface area (Å²) in [5.74, 6) is 2.01. The lowest BCUT2D eigenvalue weighted by molar-refractivity contribution is 0.112. The van der Waals surface area contributed by atoms with E-state index in [1.54, 1.807) is 45.8 Å². The Labute approximate surface area is 308 Å². The molecule has 54 heavy (non-hydrogen) atoms. The van der Waals surface area contributed by atoms with E-state index in [0.29, 0.717) is 46.6 Å². The summed E-state index contributed by atoms with van der Waals surface area (Å²) in [5.41, 5.74) is 3.43. The number of carbonyl (C=O) groups is 1. The van der Waals surface area contributed by atoms with Crippen LogP contribution in [0.3, 0.4) is 0 Å². The molecule has 0 aliphatic heterocycles. The first-order chi connectivity index (χ1) is 26.1. The number of hydrogen-bond acceptors (Lipinski definition) is 13. The van der Waals surface area contributed by atoms with Gasteiger partial charge in [-0.05, 0) is 88.9 Å². The van der Waals surface area contributed by atoms with Crippen molar-refractivity contribution in [1.29, 1.82) is 0 Å². The molecule has 278 valence electrons. The minimum atomic E-state index is -0.493. The lowest BCUT2D eigenvalue weighted by Crippen LogP contribution is -2.19. The second kappa shape index (κ2) is 17.1. The number of rotatable bonds is 13. The molecule has 5 heterocycles. The minimum absolute atomic E-state index is 0.243. The number of nitrogens with zero attached hydrogens (tertiary/aromatic N) is 9. The second-order valence-electron chi connectivity index (χ2n) is 12.5. The van der Waals surface area contributed by atoms with Crippen LogP contribution in [0.2, 0.25) is 0 Å². The maximum atomic E-state index is 11.3. The largest absolute Gasteiger partial charge is 0.493 e. The smallest absolute Gasteiger partial charge is 0.326 e. The molecule has 0 aliphatic carbocycles. The zero-order chi connectivity index (χ0) is 38.0. The average molecular weight is 733 g/mol. The fourth-order valence-corrected chi connectivity index (χ4v) is 4.95. The number of H-pyrrole nitrogens is 2. The SMILES string of the molecule is CN(C)CCOc1ccc(N=c2ccn3ncc(=Cc4[nH]c(=O)[nH]c4O)c3n2)cc1.CN(C)CCOc1ccc(Nc2ccn3ncc(C=O)c3n2)cc1. The van der Waals surface area contributed by atoms with E-state index in [1.165, 1.54) is 6.20 Å². The number of aromatic hydroxyl groups is 1. The van der Waals surface area contributed by atoms with Crippen molar-refractivity contribution in [1.82, 2.24) is 49.0 Å². The van der Waals surface area contributed by atoms with Crippen molar-refractivity contribution in [3.63, 3.8) is 0 Å². The Balaban J connectivity index is 0.000000189. The van der Waals surface area contributed by atoms with Crippen LogP contribution in [0.1, 0.15) is 16.1 Å². The van der Waals surface area contributed by atoms with Gasteiger partial charge >= 0.3 is 5.69 Å². The highest BCUT2D eigenvalue weighted by Crippen LogP contribution is 2.20. The highest BCUT2D eigenvalue weighted by molar-refractivity contribution is 5.84. The van der Waals surface area contributed by atoms with Crippen LogP contribution in [0.25, 0.3) is 17.4 Å². The van der Waals surface area contributed by atoms with Crippen LogP contribution < -0.4 is 31.2 Å². The van der Waals surface area contributed by atoms with Crippen LogP contribution >= 0.6 is 0 Å². The summed E-state index contributed by atoms with van der Waals surface area (Å²) in [6.45, 7) is 2.97. The number of carbonyl (C=O) groups excluding carboxylic acids is 1. The number of likely N-dealkylation sites (N-methyl/N-ethyl adjacent to an activating group) is 2.